The molecule has 3 heterocycles. The molecule has 0 aliphatic carbocycles. The van der Waals surface area contributed by atoms with Crippen molar-refractivity contribution in [2.75, 3.05) is 6.61 Å². The van der Waals surface area contributed by atoms with Crippen LogP contribution in [0.5, 0.6) is 0 Å². The summed E-state index contributed by atoms with van der Waals surface area (Å²) < 4.78 is 5.38. The zero-order valence-electron chi connectivity index (χ0n) is 11.7. The molecule has 3 rings (SSSR count). The van der Waals surface area contributed by atoms with Gasteiger partial charge in [-0.05, 0) is 36.6 Å². The zero-order chi connectivity index (χ0) is 14.5. The first kappa shape index (κ1) is 13.7. The molecule has 0 aromatic carbocycles. The number of ether oxygens (including phenoxy) is 1. The van der Waals surface area contributed by atoms with Crippen LogP contribution in [-0.2, 0) is 16.1 Å². The molecule has 21 heavy (non-hydrogen) atoms. The highest BCUT2D eigenvalue weighted by Gasteiger charge is 2.23. The maximum atomic E-state index is 12.0. The van der Waals surface area contributed by atoms with Crippen molar-refractivity contribution in [3.63, 3.8) is 0 Å². The number of nitrogens with one attached hydrogen (secondary N) is 1. The van der Waals surface area contributed by atoms with E-state index in [1.807, 2.05) is 24.3 Å². The minimum Gasteiger partial charge on any atom is -0.368 e. The molecule has 0 saturated carbocycles. The maximum absolute atomic E-state index is 12.0. The number of pyridine rings is 2. The van der Waals surface area contributed by atoms with Gasteiger partial charge in [-0.2, -0.15) is 0 Å². The Morgan fingerprint density at radius 1 is 1.29 bits per heavy atom. The molecule has 1 unspecified atom stereocenters. The first-order valence-electron chi connectivity index (χ1n) is 7.08. The van der Waals surface area contributed by atoms with Crippen LogP contribution in [0, 0.1) is 0 Å². The van der Waals surface area contributed by atoms with Crippen molar-refractivity contribution in [2.24, 2.45) is 0 Å². The molecule has 1 aliphatic rings. The van der Waals surface area contributed by atoms with E-state index in [0.717, 1.165) is 29.7 Å². The number of rotatable bonds is 4. The third-order valence-corrected chi connectivity index (χ3v) is 3.52. The number of hydrogen-bond acceptors (Lipinski definition) is 4. The lowest BCUT2D eigenvalue weighted by molar-refractivity contribution is -0.130. The van der Waals surface area contributed by atoms with E-state index in [2.05, 4.69) is 15.3 Å². The number of nitrogens with zero attached hydrogens (tertiary/aromatic N) is 2. The van der Waals surface area contributed by atoms with Crippen LogP contribution < -0.4 is 5.32 Å². The minimum atomic E-state index is -0.300. The fourth-order valence-corrected chi connectivity index (χ4v) is 2.43. The highest BCUT2D eigenvalue weighted by molar-refractivity contribution is 5.81. The fourth-order valence-electron chi connectivity index (χ4n) is 2.43. The van der Waals surface area contributed by atoms with Crippen molar-refractivity contribution in [3.05, 3.63) is 48.4 Å². The van der Waals surface area contributed by atoms with E-state index in [0.29, 0.717) is 13.2 Å². The lowest BCUT2D eigenvalue weighted by Gasteiger charge is -2.12. The van der Waals surface area contributed by atoms with Gasteiger partial charge >= 0.3 is 0 Å². The molecule has 1 N–H and O–H groups in total. The number of carbonyl (C=O) groups is 1. The molecule has 5 nitrogen and oxygen atoms in total. The van der Waals surface area contributed by atoms with Crippen LogP contribution in [0.1, 0.15) is 18.4 Å². The van der Waals surface area contributed by atoms with Gasteiger partial charge < -0.3 is 10.1 Å². The van der Waals surface area contributed by atoms with Gasteiger partial charge in [-0.15, -0.1) is 0 Å². The summed E-state index contributed by atoms with van der Waals surface area (Å²) >= 11 is 0. The van der Waals surface area contributed by atoms with Gasteiger partial charge in [0.05, 0.1) is 5.69 Å². The van der Waals surface area contributed by atoms with Crippen LogP contribution in [0.4, 0.5) is 0 Å². The van der Waals surface area contributed by atoms with Gasteiger partial charge in [-0.1, -0.05) is 6.07 Å². The third-order valence-electron chi connectivity index (χ3n) is 3.52. The molecule has 2 aromatic rings. The summed E-state index contributed by atoms with van der Waals surface area (Å²) in [6.45, 7) is 1.12. The van der Waals surface area contributed by atoms with Crippen LogP contribution in [0.15, 0.2) is 42.9 Å². The summed E-state index contributed by atoms with van der Waals surface area (Å²) in [6, 6.07) is 7.66. The minimum absolute atomic E-state index is 0.0444. The number of hydrogen-bond donors (Lipinski definition) is 1. The molecule has 2 aromatic heterocycles. The Hall–Kier alpha value is -2.27. The molecule has 0 radical (unpaired) electrons. The van der Waals surface area contributed by atoms with Crippen LogP contribution >= 0.6 is 0 Å². The van der Waals surface area contributed by atoms with E-state index in [4.69, 9.17) is 4.74 Å². The normalized spacial score (nSPS) is 17.6. The second kappa shape index (κ2) is 6.45. The molecular weight excluding hydrogens is 266 g/mol. The molecule has 1 amide bonds. The Morgan fingerprint density at radius 2 is 2.14 bits per heavy atom. The maximum Gasteiger partial charge on any atom is 0.249 e. The zero-order valence-corrected chi connectivity index (χ0v) is 11.7. The SMILES string of the molecule is O=C(NCc1cccnc1-c1ccncc1)C1CCCO1. The third kappa shape index (κ3) is 3.25. The Labute approximate surface area is 123 Å². The largest absolute Gasteiger partial charge is 0.368 e. The predicted molar refractivity (Wildman–Crippen MR) is 78.3 cm³/mol. The number of amides is 1. The fraction of sp³-hybridized carbons (Fsp3) is 0.312. The van der Waals surface area contributed by atoms with Crippen LogP contribution in [0.2, 0.25) is 0 Å². The van der Waals surface area contributed by atoms with E-state index in [1.54, 1.807) is 18.6 Å². The van der Waals surface area contributed by atoms with Gasteiger partial charge in [0, 0.05) is 37.3 Å². The van der Waals surface area contributed by atoms with E-state index in [-0.39, 0.29) is 12.0 Å². The van der Waals surface area contributed by atoms with Gasteiger partial charge in [0.15, 0.2) is 0 Å². The highest BCUT2D eigenvalue weighted by atomic mass is 16.5. The van der Waals surface area contributed by atoms with Crippen molar-refractivity contribution in [1.29, 1.82) is 0 Å². The second-order valence-corrected chi connectivity index (χ2v) is 4.97. The molecule has 1 aliphatic heterocycles. The molecule has 1 atom stereocenters. The van der Waals surface area contributed by atoms with Gasteiger partial charge in [-0.25, -0.2) is 0 Å². The number of carbonyl (C=O) groups excluding carboxylic acids is 1. The molecule has 0 bridgehead atoms. The molecule has 5 heteroatoms. The highest BCUT2D eigenvalue weighted by Crippen LogP contribution is 2.20. The summed E-state index contributed by atoms with van der Waals surface area (Å²) in [6.07, 6.45) is 6.67. The van der Waals surface area contributed by atoms with Gasteiger partial charge in [0.25, 0.3) is 0 Å². The summed E-state index contributed by atoms with van der Waals surface area (Å²) in [4.78, 5) is 20.4. The van der Waals surface area contributed by atoms with Gasteiger partial charge in [0.2, 0.25) is 5.91 Å². The summed E-state index contributed by atoms with van der Waals surface area (Å²) in [5.74, 6) is -0.0444. The van der Waals surface area contributed by atoms with E-state index >= 15 is 0 Å². The average molecular weight is 283 g/mol. The number of aromatic nitrogens is 2. The first-order valence-corrected chi connectivity index (χ1v) is 7.08. The average Bonchev–Trinajstić information content (AvgIpc) is 3.08. The lowest BCUT2D eigenvalue weighted by atomic mass is 10.1. The Morgan fingerprint density at radius 3 is 2.90 bits per heavy atom. The summed E-state index contributed by atoms with van der Waals surface area (Å²) in [5.41, 5.74) is 2.84. The Balaban J connectivity index is 1.72. The summed E-state index contributed by atoms with van der Waals surface area (Å²) in [5, 5.41) is 2.93. The van der Waals surface area contributed by atoms with E-state index in [9.17, 15) is 4.79 Å². The van der Waals surface area contributed by atoms with Crippen molar-refractivity contribution < 1.29 is 9.53 Å². The smallest absolute Gasteiger partial charge is 0.249 e. The van der Waals surface area contributed by atoms with Crippen LogP contribution in [-0.4, -0.2) is 28.6 Å². The molecule has 1 fully saturated rings. The Bertz CT molecular complexity index is 610. The van der Waals surface area contributed by atoms with E-state index < -0.39 is 0 Å². The van der Waals surface area contributed by atoms with E-state index in [1.165, 1.54) is 0 Å². The molecule has 0 spiro atoms. The topological polar surface area (TPSA) is 64.1 Å². The van der Waals surface area contributed by atoms with Gasteiger partial charge in [-0.3, -0.25) is 14.8 Å². The van der Waals surface area contributed by atoms with Gasteiger partial charge in [0.1, 0.15) is 6.10 Å². The predicted octanol–water partition coefficient (Wildman–Crippen LogP) is 1.94. The second-order valence-electron chi connectivity index (χ2n) is 4.97. The quantitative estimate of drug-likeness (QED) is 0.931. The molecular formula is C16H17N3O2. The van der Waals surface area contributed by atoms with Crippen molar-refractivity contribution in [1.82, 2.24) is 15.3 Å². The molecule has 108 valence electrons. The Kier molecular flexibility index (Phi) is 4.21. The standard InChI is InChI=1S/C16H17N3O2/c20-16(14-4-2-10-21-14)19-11-13-3-1-7-18-15(13)12-5-8-17-9-6-12/h1,3,5-9,14H,2,4,10-11H2,(H,19,20). The molecule has 1 saturated heterocycles. The van der Waals surface area contributed by atoms with Crippen molar-refractivity contribution in [3.8, 4) is 11.3 Å². The van der Waals surface area contributed by atoms with Crippen LogP contribution in [0.3, 0.4) is 0 Å². The first-order chi connectivity index (χ1) is 10.3. The summed E-state index contributed by atoms with van der Waals surface area (Å²) in [7, 11) is 0. The van der Waals surface area contributed by atoms with Crippen molar-refractivity contribution >= 4 is 5.91 Å². The van der Waals surface area contributed by atoms with Crippen LogP contribution in [0.25, 0.3) is 11.3 Å². The lowest BCUT2D eigenvalue weighted by Crippen LogP contribution is -2.33. The van der Waals surface area contributed by atoms with Crippen molar-refractivity contribution in [2.45, 2.75) is 25.5 Å². The monoisotopic (exact) mass is 283 g/mol.